The SMILES string of the molecule is Nc1cccc(OCCCCCCCCCCCCOc2cccc(N)c2)c1. The van der Waals surface area contributed by atoms with Crippen LogP contribution in [0, 0.1) is 0 Å². The van der Waals surface area contributed by atoms with Gasteiger partial charge in [0.15, 0.2) is 0 Å². The highest BCUT2D eigenvalue weighted by Crippen LogP contribution is 2.17. The van der Waals surface area contributed by atoms with Crippen LogP contribution in [0.5, 0.6) is 11.5 Å². The number of hydrogen-bond donors (Lipinski definition) is 2. The lowest BCUT2D eigenvalue weighted by Crippen LogP contribution is -1.98. The normalized spacial score (nSPS) is 10.7. The van der Waals surface area contributed by atoms with E-state index in [1.54, 1.807) is 0 Å². The molecule has 28 heavy (non-hydrogen) atoms. The molecule has 0 fully saturated rings. The molecule has 0 aliphatic rings. The smallest absolute Gasteiger partial charge is 0.121 e. The number of nitrogen functional groups attached to an aromatic ring is 2. The lowest BCUT2D eigenvalue weighted by molar-refractivity contribution is 0.303. The molecule has 4 nitrogen and oxygen atoms in total. The molecular weight excluding hydrogens is 348 g/mol. The summed E-state index contributed by atoms with van der Waals surface area (Å²) in [6, 6.07) is 15.3. The van der Waals surface area contributed by atoms with Crippen LogP contribution in [0.2, 0.25) is 0 Å². The number of hydrogen-bond acceptors (Lipinski definition) is 4. The van der Waals surface area contributed by atoms with Gasteiger partial charge in [0.2, 0.25) is 0 Å². The zero-order valence-corrected chi connectivity index (χ0v) is 17.1. The maximum atomic E-state index is 5.74. The second kappa shape index (κ2) is 13.8. The van der Waals surface area contributed by atoms with Crippen LogP contribution in [0.25, 0.3) is 0 Å². The summed E-state index contributed by atoms with van der Waals surface area (Å²) >= 11 is 0. The maximum absolute atomic E-state index is 5.74. The Bertz CT molecular complexity index is 603. The second-order valence-corrected chi connectivity index (χ2v) is 7.38. The first-order chi connectivity index (χ1) is 13.7. The van der Waals surface area contributed by atoms with Gasteiger partial charge in [-0.1, -0.05) is 63.5 Å². The summed E-state index contributed by atoms with van der Waals surface area (Å²) in [6.07, 6.45) is 12.7. The molecule has 0 radical (unpaired) electrons. The van der Waals surface area contributed by atoms with Crippen molar-refractivity contribution in [1.29, 1.82) is 0 Å². The Kier molecular flexibility index (Phi) is 10.8. The van der Waals surface area contributed by atoms with E-state index in [4.69, 9.17) is 20.9 Å². The monoisotopic (exact) mass is 384 g/mol. The first kappa shape index (κ1) is 21.9. The van der Waals surface area contributed by atoms with Gasteiger partial charge in [-0.2, -0.15) is 0 Å². The number of ether oxygens (including phenoxy) is 2. The van der Waals surface area contributed by atoms with Gasteiger partial charge in [0.05, 0.1) is 13.2 Å². The molecule has 0 unspecified atom stereocenters. The van der Waals surface area contributed by atoms with Crippen LogP contribution < -0.4 is 20.9 Å². The van der Waals surface area contributed by atoms with E-state index in [9.17, 15) is 0 Å². The number of anilines is 2. The van der Waals surface area contributed by atoms with Crippen molar-refractivity contribution in [3.63, 3.8) is 0 Å². The number of rotatable bonds is 15. The number of unbranched alkanes of at least 4 members (excludes halogenated alkanes) is 9. The highest BCUT2D eigenvalue weighted by Gasteiger charge is 1.97. The summed E-state index contributed by atoms with van der Waals surface area (Å²) in [6.45, 7) is 1.56. The fourth-order valence-corrected chi connectivity index (χ4v) is 3.21. The highest BCUT2D eigenvalue weighted by molar-refractivity contribution is 5.44. The quantitative estimate of drug-likeness (QED) is 0.283. The predicted octanol–water partition coefficient (Wildman–Crippen LogP) is 6.21. The van der Waals surface area contributed by atoms with Gasteiger partial charge in [-0.25, -0.2) is 0 Å². The third kappa shape index (κ3) is 10.1. The zero-order valence-electron chi connectivity index (χ0n) is 17.1. The predicted molar refractivity (Wildman–Crippen MR) is 119 cm³/mol. The van der Waals surface area contributed by atoms with Crippen LogP contribution in [-0.4, -0.2) is 13.2 Å². The van der Waals surface area contributed by atoms with Gasteiger partial charge < -0.3 is 20.9 Å². The first-order valence-electron chi connectivity index (χ1n) is 10.7. The summed E-state index contributed by atoms with van der Waals surface area (Å²) < 4.78 is 11.4. The molecule has 2 aromatic carbocycles. The highest BCUT2D eigenvalue weighted by atomic mass is 16.5. The second-order valence-electron chi connectivity index (χ2n) is 7.38. The lowest BCUT2D eigenvalue weighted by atomic mass is 10.1. The van der Waals surface area contributed by atoms with Gasteiger partial charge in [-0.3, -0.25) is 0 Å². The third-order valence-corrected chi connectivity index (χ3v) is 4.79. The minimum Gasteiger partial charge on any atom is -0.494 e. The van der Waals surface area contributed by atoms with E-state index in [2.05, 4.69) is 0 Å². The minimum atomic E-state index is 0.756. The van der Waals surface area contributed by atoms with Crippen molar-refractivity contribution in [3.05, 3.63) is 48.5 Å². The van der Waals surface area contributed by atoms with Crippen LogP contribution in [-0.2, 0) is 0 Å². The van der Waals surface area contributed by atoms with E-state index < -0.39 is 0 Å². The van der Waals surface area contributed by atoms with E-state index in [0.29, 0.717) is 0 Å². The molecule has 2 aromatic rings. The Hall–Kier alpha value is -2.36. The molecule has 0 saturated heterocycles. The van der Waals surface area contributed by atoms with Gasteiger partial charge in [0, 0.05) is 23.5 Å². The van der Waals surface area contributed by atoms with Crippen LogP contribution in [0.3, 0.4) is 0 Å². The van der Waals surface area contributed by atoms with Crippen LogP contribution in [0.1, 0.15) is 64.2 Å². The van der Waals surface area contributed by atoms with Gasteiger partial charge >= 0.3 is 0 Å². The number of benzene rings is 2. The van der Waals surface area contributed by atoms with Crippen LogP contribution in [0.4, 0.5) is 11.4 Å². The largest absolute Gasteiger partial charge is 0.494 e. The van der Waals surface area contributed by atoms with E-state index >= 15 is 0 Å². The summed E-state index contributed by atoms with van der Waals surface area (Å²) in [7, 11) is 0. The molecule has 0 atom stereocenters. The van der Waals surface area contributed by atoms with E-state index in [1.165, 1.54) is 51.4 Å². The maximum Gasteiger partial charge on any atom is 0.121 e. The van der Waals surface area contributed by atoms with Crippen molar-refractivity contribution in [2.45, 2.75) is 64.2 Å². The summed E-state index contributed by atoms with van der Waals surface area (Å²) in [4.78, 5) is 0. The van der Waals surface area contributed by atoms with E-state index in [1.807, 2.05) is 48.5 Å². The van der Waals surface area contributed by atoms with E-state index in [0.717, 1.165) is 48.9 Å². The Morgan fingerprint density at radius 1 is 0.500 bits per heavy atom. The summed E-state index contributed by atoms with van der Waals surface area (Å²) in [5.41, 5.74) is 13.0. The van der Waals surface area contributed by atoms with E-state index in [-0.39, 0.29) is 0 Å². The molecule has 2 rings (SSSR count). The van der Waals surface area contributed by atoms with Gasteiger partial charge in [-0.15, -0.1) is 0 Å². The molecule has 0 heterocycles. The molecule has 0 spiro atoms. The molecule has 4 heteroatoms. The van der Waals surface area contributed by atoms with Crippen LogP contribution in [0.15, 0.2) is 48.5 Å². The first-order valence-corrected chi connectivity index (χ1v) is 10.7. The molecule has 0 amide bonds. The summed E-state index contributed by atoms with van der Waals surface area (Å²) in [5.74, 6) is 1.75. The third-order valence-electron chi connectivity index (χ3n) is 4.79. The Morgan fingerprint density at radius 3 is 1.21 bits per heavy atom. The number of nitrogens with two attached hydrogens (primary N) is 2. The fourth-order valence-electron chi connectivity index (χ4n) is 3.21. The molecule has 154 valence electrons. The zero-order chi connectivity index (χ0) is 19.9. The Labute approximate surface area is 170 Å². The van der Waals surface area contributed by atoms with Gasteiger partial charge in [-0.05, 0) is 37.1 Å². The van der Waals surface area contributed by atoms with Crippen molar-refractivity contribution < 1.29 is 9.47 Å². The summed E-state index contributed by atoms with van der Waals surface area (Å²) in [5, 5.41) is 0. The van der Waals surface area contributed by atoms with Crippen molar-refractivity contribution in [2.24, 2.45) is 0 Å². The van der Waals surface area contributed by atoms with Gasteiger partial charge in [0.1, 0.15) is 11.5 Å². The van der Waals surface area contributed by atoms with Crippen molar-refractivity contribution >= 4 is 11.4 Å². The average Bonchev–Trinajstić information content (AvgIpc) is 2.68. The molecule has 0 aromatic heterocycles. The van der Waals surface area contributed by atoms with Gasteiger partial charge in [0.25, 0.3) is 0 Å². The standard InChI is InChI=1S/C24H36N2O2/c25-21-13-11-15-23(19-21)27-17-9-7-5-3-1-2-4-6-8-10-18-28-24-16-12-14-22(26)20-24/h11-16,19-20H,1-10,17-18,25-26H2. The van der Waals surface area contributed by atoms with Crippen molar-refractivity contribution in [2.75, 3.05) is 24.7 Å². The molecule has 0 saturated carbocycles. The Balaban J connectivity index is 1.31. The molecule has 0 aliphatic heterocycles. The topological polar surface area (TPSA) is 70.5 Å². The molecular formula is C24H36N2O2. The van der Waals surface area contributed by atoms with Crippen molar-refractivity contribution in [1.82, 2.24) is 0 Å². The average molecular weight is 385 g/mol. The minimum absolute atomic E-state index is 0.756. The fraction of sp³-hybridized carbons (Fsp3) is 0.500. The van der Waals surface area contributed by atoms with Crippen LogP contribution >= 0.6 is 0 Å². The molecule has 0 aliphatic carbocycles. The Morgan fingerprint density at radius 2 is 0.857 bits per heavy atom. The molecule has 0 bridgehead atoms. The van der Waals surface area contributed by atoms with Crippen molar-refractivity contribution in [3.8, 4) is 11.5 Å². The molecule has 4 N–H and O–H groups in total. The lowest BCUT2D eigenvalue weighted by Gasteiger charge is -2.07.